The fourth-order valence-corrected chi connectivity index (χ4v) is 2.01. The Morgan fingerprint density at radius 1 is 1.14 bits per heavy atom. The lowest BCUT2D eigenvalue weighted by Gasteiger charge is -2.04. The van der Waals surface area contributed by atoms with Gasteiger partial charge in [-0.2, -0.15) is 0 Å². The summed E-state index contributed by atoms with van der Waals surface area (Å²) in [6.45, 7) is 4.12. The molecule has 1 aromatic heterocycles. The van der Waals surface area contributed by atoms with Gasteiger partial charge in [-0.3, -0.25) is 4.79 Å². The summed E-state index contributed by atoms with van der Waals surface area (Å²) in [5.74, 6) is 0. The van der Waals surface area contributed by atoms with Crippen molar-refractivity contribution in [1.29, 1.82) is 0 Å². The van der Waals surface area contributed by atoms with Crippen LogP contribution in [0, 0.1) is 13.8 Å². The van der Waals surface area contributed by atoms with Gasteiger partial charge >= 0.3 is 0 Å². The van der Waals surface area contributed by atoms with E-state index < -0.39 is 0 Å². The van der Waals surface area contributed by atoms with Gasteiger partial charge in [-0.15, -0.1) is 0 Å². The summed E-state index contributed by atoms with van der Waals surface area (Å²) in [5.41, 5.74) is 3.45. The smallest absolute Gasteiger partial charge is 0.265 e. The molecule has 0 bridgehead atoms. The Bertz CT molecular complexity index is 510. The van der Waals surface area contributed by atoms with Crippen molar-refractivity contribution in [3.8, 4) is 5.69 Å². The van der Waals surface area contributed by atoms with Crippen LogP contribution in [0.4, 0.5) is 0 Å². The molecular weight excluding hydrogens is 194 g/mol. The minimum absolute atomic E-state index is 0.0400. The van der Waals surface area contributed by atoms with Crippen molar-refractivity contribution in [3.05, 3.63) is 51.1 Å². The quantitative estimate of drug-likeness (QED) is 0.701. The molecule has 0 saturated heterocycles. The van der Waals surface area contributed by atoms with Gasteiger partial charge in [0, 0.05) is 11.4 Å². The third kappa shape index (κ3) is 1.51. The summed E-state index contributed by atoms with van der Waals surface area (Å²) in [4.78, 5) is 11.4. The van der Waals surface area contributed by atoms with E-state index in [4.69, 9.17) is 0 Å². The van der Waals surface area contributed by atoms with Gasteiger partial charge in [0.1, 0.15) is 0 Å². The van der Waals surface area contributed by atoms with Gasteiger partial charge in [0.25, 0.3) is 5.56 Å². The number of benzene rings is 1. The number of aromatic nitrogens is 1. The predicted octanol–water partition coefficient (Wildman–Crippen LogP) is 2.52. The molecule has 0 amide bonds. The van der Waals surface area contributed by atoms with Crippen molar-refractivity contribution in [2.75, 3.05) is 0 Å². The Hall–Kier alpha value is -1.35. The fraction of sp³-hybridized carbons (Fsp3) is 0.182. The molecule has 0 aliphatic heterocycles. The molecule has 1 aromatic carbocycles. The maximum atomic E-state index is 11.4. The third-order valence-corrected chi connectivity index (χ3v) is 3.16. The van der Waals surface area contributed by atoms with E-state index in [1.165, 1.54) is 22.7 Å². The van der Waals surface area contributed by atoms with Crippen LogP contribution < -0.4 is 5.56 Å². The molecule has 72 valence electrons. The monoisotopic (exact) mass is 205 g/mol. The Balaban J connectivity index is 2.59. The van der Waals surface area contributed by atoms with E-state index in [1.54, 1.807) is 15.4 Å². The largest absolute Gasteiger partial charge is 0.268 e. The maximum Gasteiger partial charge on any atom is 0.265 e. The highest BCUT2D eigenvalue weighted by molar-refractivity contribution is 7.04. The lowest BCUT2D eigenvalue weighted by molar-refractivity contribution is 1.12. The second-order valence-electron chi connectivity index (χ2n) is 3.31. The topological polar surface area (TPSA) is 22.0 Å². The minimum Gasteiger partial charge on any atom is -0.268 e. The summed E-state index contributed by atoms with van der Waals surface area (Å²) in [7, 11) is 0. The minimum atomic E-state index is 0.0400. The highest BCUT2D eigenvalue weighted by atomic mass is 32.1. The van der Waals surface area contributed by atoms with Crippen molar-refractivity contribution in [2.24, 2.45) is 0 Å². The average Bonchev–Trinajstić information content (AvgIpc) is 2.57. The molecule has 14 heavy (non-hydrogen) atoms. The number of aryl methyl sites for hydroxylation is 2. The summed E-state index contributed by atoms with van der Waals surface area (Å²) >= 11 is 1.42. The summed E-state index contributed by atoms with van der Waals surface area (Å²) in [6.07, 6.45) is 0. The zero-order valence-corrected chi connectivity index (χ0v) is 8.97. The van der Waals surface area contributed by atoms with Gasteiger partial charge in [0.2, 0.25) is 0 Å². The maximum absolute atomic E-state index is 11.4. The van der Waals surface area contributed by atoms with E-state index in [0.717, 1.165) is 5.69 Å². The van der Waals surface area contributed by atoms with Crippen LogP contribution in [0.2, 0.25) is 0 Å². The van der Waals surface area contributed by atoms with Crippen molar-refractivity contribution in [2.45, 2.75) is 13.8 Å². The first kappa shape index (κ1) is 9.21. The molecule has 2 nitrogen and oxygen atoms in total. The van der Waals surface area contributed by atoms with Gasteiger partial charge in [0.05, 0.1) is 5.69 Å². The normalized spacial score (nSPS) is 10.4. The predicted molar refractivity (Wildman–Crippen MR) is 59.4 cm³/mol. The molecule has 2 rings (SSSR count). The number of rotatable bonds is 1. The highest BCUT2D eigenvalue weighted by Crippen LogP contribution is 2.14. The first-order chi connectivity index (χ1) is 6.68. The van der Waals surface area contributed by atoms with Crippen LogP contribution in [0.1, 0.15) is 11.1 Å². The van der Waals surface area contributed by atoms with E-state index in [9.17, 15) is 4.79 Å². The third-order valence-electron chi connectivity index (χ3n) is 2.30. The first-order valence-electron chi connectivity index (χ1n) is 4.43. The Kier molecular flexibility index (Phi) is 2.25. The SMILES string of the molecule is Cc1ccc(-n2sccc2=O)cc1C. The highest BCUT2D eigenvalue weighted by Gasteiger charge is 2.01. The molecule has 0 radical (unpaired) electrons. The molecular formula is C11H11NOS. The molecule has 0 fully saturated rings. The molecule has 0 saturated carbocycles. The van der Waals surface area contributed by atoms with Crippen LogP contribution in [0.5, 0.6) is 0 Å². The molecule has 3 heteroatoms. The Morgan fingerprint density at radius 3 is 2.50 bits per heavy atom. The Labute approximate surface area is 86.6 Å². The van der Waals surface area contributed by atoms with Crippen LogP contribution in [0.25, 0.3) is 5.69 Å². The van der Waals surface area contributed by atoms with Crippen LogP contribution >= 0.6 is 11.5 Å². The molecule has 1 heterocycles. The zero-order valence-electron chi connectivity index (χ0n) is 8.15. The lowest BCUT2D eigenvalue weighted by Crippen LogP contribution is -2.09. The molecule has 0 aliphatic carbocycles. The van der Waals surface area contributed by atoms with Gasteiger partial charge in [-0.1, -0.05) is 17.6 Å². The van der Waals surface area contributed by atoms with E-state index in [0.29, 0.717) is 0 Å². The second-order valence-corrected chi connectivity index (χ2v) is 4.16. The molecule has 2 aromatic rings. The van der Waals surface area contributed by atoms with Gasteiger partial charge in [0.15, 0.2) is 0 Å². The fourth-order valence-electron chi connectivity index (χ4n) is 1.31. The lowest BCUT2D eigenvalue weighted by atomic mass is 10.1. The van der Waals surface area contributed by atoms with Crippen LogP contribution in [-0.4, -0.2) is 3.96 Å². The molecule has 0 aliphatic rings. The number of hydrogen-bond donors (Lipinski definition) is 0. The van der Waals surface area contributed by atoms with Crippen molar-refractivity contribution in [3.63, 3.8) is 0 Å². The standard InChI is InChI=1S/C11H11NOS/c1-8-3-4-10(7-9(8)2)12-11(13)5-6-14-12/h3-7H,1-2H3. The van der Waals surface area contributed by atoms with E-state index in [2.05, 4.69) is 13.8 Å². The van der Waals surface area contributed by atoms with Gasteiger partial charge in [-0.25, -0.2) is 3.96 Å². The zero-order chi connectivity index (χ0) is 10.1. The van der Waals surface area contributed by atoms with Crippen LogP contribution in [0.3, 0.4) is 0 Å². The summed E-state index contributed by atoms with van der Waals surface area (Å²) in [6, 6.07) is 7.63. The Morgan fingerprint density at radius 2 is 1.93 bits per heavy atom. The molecule has 0 unspecified atom stereocenters. The van der Waals surface area contributed by atoms with E-state index >= 15 is 0 Å². The van der Waals surface area contributed by atoms with Gasteiger partial charge in [-0.05, 0) is 37.1 Å². The van der Waals surface area contributed by atoms with Crippen molar-refractivity contribution < 1.29 is 0 Å². The van der Waals surface area contributed by atoms with Crippen molar-refractivity contribution >= 4 is 11.5 Å². The van der Waals surface area contributed by atoms with Crippen LogP contribution in [-0.2, 0) is 0 Å². The molecule has 0 spiro atoms. The van der Waals surface area contributed by atoms with Crippen LogP contribution in [0.15, 0.2) is 34.4 Å². The molecule has 0 N–H and O–H groups in total. The van der Waals surface area contributed by atoms with E-state index in [-0.39, 0.29) is 5.56 Å². The van der Waals surface area contributed by atoms with Gasteiger partial charge < -0.3 is 0 Å². The first-order valence-corrected chi connectivity index (χ1v) is 5.27. The number of nitrogens with zero attached hydrogens (tertiary/aromatic N) is 1. The summed E-state index contributed by atoms with van der Waals surface area (Å²) < 4.78 is 1.69. The second kappa shape index (κ2) is 3.42. The van der Waals surface area contributed by atoms with Crippen molar-refractivity contribution in [1.82, 2.24) is 3.96 Å². The van der Waals surface area contributed by atoms with E-state index in [1.807, 2.05) is 18.2 Å². The molecule has 0 atom stereocenters. The summed E-state index contributed by atoms with van der Waals surface area (Å²) in [5, 5.41) is 1.80. The average molecular weight is 205 g/mol. The number of hydrogen-bond acceptors (Lipinski definition) is 2.